The molecular formula is C11H9F2NO4. The number of carboxylic acid groups (broad SMARTS) is 1. The molecule has 2 aromatic rings. The Hall–Kier alpha value is -2.18. The molecule has 96 valence electrons. The molecule has 1 aromatic heterocycles. The SMILES string of the molecule is O=C(O)C(F)(F)CCc1ccc2oc(=O)[nH]c2c1. The molecule has 0 amide bonds. The van der Waals surface area contributed by atoms with E-state index in [2.05, 4.69) is 4.98 Å². The molecule has 1 heterocycles. The minimum Gasteiger partial charge on any atom is -0.477 e. The highest BCUT2D eigenvalue weighted by Crippen LogP contribution is 2.22. The number of alkyl halides is 2. The van der Waals surface area contributed by atoms with Gasteiger partial charge in [-0.05, 0) is 24.1 Å². The summed E-state index contributed by atoms with van der Waals surface area (Å²) in [6.45, 7) is 0. The summed E-state index contributed by atoms with van der Waals surface area (Å²) in [7, 11) is 0. The van der Waals surface area contributed by atoms with E-state index in [1.165, 1.54) is 18.2 Å². The predicted molar refractivity (Wildman–Crippen MR) is 57.7 cm³/mol. The summed E-state index contributed by atoms with van der Waals surface area (Å²) in [5.74, 6) is -6.52. The molecule has 0 saturated carbocycles. The van der Waals surface area contributed by atoms with Gasteiger partial charge < -0.3 is 9.52 Å². The molecule has 0 aliphatic carbocycles. The van der Waals surface area contributed by atoms with Crippen LogP contribution < -0.4 is 5.76 Å². The van der Waals surface area contributed by atoms with Crippen LogP contribution in [0.2, 0.25) is 0 Å². The van der Waals surface area contributed by atoms with Crippen molar-refractivity contribution in [2.45, 2.75) is 18.8 Å². The zero-order valence-electron chi connectivity index (χ0n) is 9.07. The lowest BCUT2D eigenvalue weighted by Crippen LogP contribution is -2.28. The number of carbonyl (C=O) groups is 1. The molecular weight excluding hydrogens is 248 g/mol. The number of aromatic amines is 1. The lowest BCUT2D eigenvalue weighted by molar-refractivity contribution is -0.165. The van der Waals surface area contributed by atoms with E-state index in [1.54, 1.807) is 0 Å². The number of nitrogens with one attached hydrogen (secondary N) is 1. The van der Waals surface area contributed by atoms with Crippen molar-refractivity contribution in [1.29, 1.82) is 0 Å². The Balaban J connectivity index is 2.17. The Labute approximate surface area is 99.0 Å². The van der Waals surface area contributed by atoms with Crippen LogP contribution in [-0.4, -0.2) is 22.0 Å². The fraction of sp³-hybridized carbons (Fsp3) is 0.273. The average Bonchev–Trinajstić information content (AvgIpc) is 2.65. The van der Waals surface area contributed by atoms with E-state index in [9.17, 15) is 18.4 Å². The molecule has 0 atom stereocenters. The largest absolute Gasteiger partial charge is 0.477 e. The first-order valence-corrected chi connectivity index (χ1v) is 5.11. The smallest absolute Gasteiger partial charge is 0.417 e. The molecule has 1 aromatic carbocycles. The zero-order chi connectivity index (χ0) is 13.3. The quantitative estimate of drug-likeness (QED) is 0.874. The number of benzene rings is 1. The Morgan fingerprint density at radius 2 is 2.17 bits per heavy atom. The second-order valence-corrected chi connectivity index (χ2v) is 3.85. The number of aliphatic carboxylic acids is 1. The minimum absolute atomic E-state index is 0.109. The normalized spacial score (nSPS) is 11.9. The number of carboxylic acids is 1. The van der Waals surface area contributed by atoms with E-state index >= 15 is 0 Å². The van der Waals surface area contributed by atoms with Crippen LogP contribution in [0.5, 0.6) is 0 Å². The third kappa shape index (κ3) is 2.39. The van der Waals surface area contributed by atoms with E-state index in [0.717, 1.165) is 0 Å². The molecule has 7 heteroatoms. The number of fused-ring (bicyclic) bond motifs is 1. The highest BCUT2D eigenvalue weighted by atomic mass is 19.3. The number of hydrogen-bond donors (Lipinski definition) is 2. The van der Waals surface area contributed by atoms with Crippen LogP contribution in [0.3, 0.4) is 0 Å². The number of oxazole rings is 1. The highest BCUT2D eigenvalue weighted by Gasteiger charge is 2.37. The zero-order valence-corrected chi connectivity index (χ0v) is 9.07. The Bertz CT molecular complexity index is 644. The van der Waals surface area contributed by atoms with Crippen LogP contribution in [0, 0.1) is 0 Å². The molecule has 2 rings (SSSR count). The second kappa shape index (κ2) is 4.25. The molecule has 0 bridgehead atoms. The van der Waals surface area contributed by atoms with Gasteiger partial charge in [-0.15, -0.1) is 0 Å². The summed E-state index contributed by atoms with van der Waals surface area (Å²) in [4.78, 5) is 23.5. The van der Waals surface area contributed by atoms with Crippen LogP contribution in [0.4, 0.5) is 8.78 Å². The fourth-order valence-corrected chi connectivity index (χ4v) is 1.56. The van der Waals surface area contributed by atoms with Crippen molar-refractivity contribution < 1.29 is 23.1 Å². The molecule has 5 nitrogen and oxygen atoms in total. The maximum absolute atomic E-state index is 12.9. The van der Waals surface area contributed by atoms with E-state index in [0.29, 0.717) is 16.7 Å². The van der Waals surface area contributed by atoms with Crippen LogP contribution in [0.15, 0.2) is 27.4 Å². The number of hydrogen-bond acceptors (Lipinski definition) is 3. The third-order valence-corrected chi connectivity index (χ3v) is 2.52. The summed E-state index contributed by atoms with van der Waals surface area (Å²) < 4.78 is 30.5. The number of halogens is 2. The third-order valence-electron chi connectivity index (χ3n) is 2.52. The van der Waals surface area contributed by atoms with Gasteiger partial charge in [-0.25, -0.2) is 9.59 Å². The minimum atomic E-state index is -3.75. The van der Waals surface area contributed by atoms with Crippen molar-refractivity contribution in [1.82, 2.24) is 4.98 Å². The molecule has 0 fully saturated rings. The lowest BCUT2D eigenvalue weighted by Gasteiger charge is -2.10. The van der Waals surface area contributed by atoms with E-state index in [-0.39, 0.29) is 6.42 Å². The van der Waals surface area contributed by atoms with Gasteiger partial charge in [-0.2, -0.15) is 8.78 Å². The summed E-state index contributed by atoms with van der Waals surface area (Å²) in [5, 5.41) is 8.28. The number of aryl methyl sites for hydroxylation is 1. The maximum atomic E-state index is 12.9. The van der Waals surface area contributed by atoms with Gasteiger partial charge in [0.25, 0.3) is 0 Å². The van der Waals surface area contributed by atoms with Crippen LogP contribution in [0.1, 0.15) is 12.0 Å². The predicted octanol–water partition coefficient (Wildman–Crippen LogP) is 1.77. The first-order valence-electron chi connectivity index (χ1n) is 5.11. The molecule has 0 radical (unpaired) electrons. The molecule has 0 unspecified atom stereocenters. The molecule has 0 saturated heterocycles. The van der Waals surface area contributed by atoms with Gasteiger partial charge in [0.1, 0.15) is 0 Å². The van der Waals surface area contributed by atoms with Gasteiger partial charge in [0.15, 0.2) is 5.58 Å². The first-order chi connectivity index (χ1) is 8.38. The van der Waals surface area contributed by atoms with Crippen molar-refractivity contribution >= 4 is 17.1 Å². The molecule has 0 aliphatic rings. The van der Waals surface area contributed by atoms with Crippen molar-refractivity contribution in [2.75, 3.05) is 0 Å². The number of aromatic nitrogens is 1. The summed E-state index contributed by atoms with van der Waals surface area (Å²) in [6.07, 6.45) is -0.904. The van der Waals surface area contributed by atoms with Crippen LogP contribution in [-0.2, 0) is 11.2 Å². The van der Waals surface area contributed by atoms with E-state index in [1.807, 2.05) is 0 Å². The van der Waals surface area contributed by atoms with Crippen molar-refractivity contribution in [2.24, 2.45) is 0 Å². The van der Waals surface area contributed by atoms with E-state index in [4.69, 9.17) is 9.52 Å². The molecule has 0 aliphatic heterocycles. The van der Waals surface area contributed by atoms with Crippen molar-refractivity contribution in [3.8, 4) is 0 Å². The van der Waals surface area contributed by atoms with Crippen LogP contribution >= 0.6 is 0 Å². The topological polar surface area (TPSA) is 83.3 Å². The first kappa shape index (κ1) is 12.3. The maximum Gasteiger partial charge on any atom is 0.417 e. The van der Waals surface area contributed by atoms with Gasteiger partial charge in [0.05, 0.1) is 5.52 Å². The van der Waals surface area contributed by atoms with Gasteiger partial charge in [0, 0.05) is 6.42 Å². The summed E-state index contributed by atoms with van der Waals surface area (Å²) in [5.41, 5.74) is 1.23. The molecule has 18 heavy (non-hydrogen) atoms. The Morgan fingerprint density at radius 1 is 1.44 bits per heavy atom. The molecule has 2 N–H and O–H groups in total. The fourth-order valence-electron chi connectivity index (χ4n) is 1.56. The van der Waals surface area contributed by atoms with Crippen molar-refractivity contribution in [3.05, 3.63) is 34.3 Å². The summed E-state index contributed by atoms with van der Waals surface area (Å²) in [6, 6.07) is 4.47. The van der Waals surface area contributed by atoms with E-state index < -0.39 is 24.1 Å². The number of rotatable bonds is 4. The standard InChI is InChI=1S/C11H9F2NO4/c12-11(13,9(15)16)4-3-6-1-2-8-7(5-6)14-10(17)18-8/h1-2,5H,3-4H2,(H,14,17)(H,15,16). The monoisotopic (exact) mass is 257 g/mol. The summed E-state index contributed by atoms with van der Waals surface area (Å²) >= 11 is 0. The van der Waals surface area contributed by atoms with Gasteiger partial charge in [-0.3, -0.25) is 4.98 Å². The second-order valence-electron chi connectivity index (χ2n) is 3.85. The lowest BCUT2D eigenvalue weighted by atomic mass is 10.1. The number of H-pyrrole nitrogens is 1. The van der Waals surface area contributed by atoms with Gasteiger partial charge in [-0.1, -0.05) is 6.07 Å². The van der Waals surface area contributed by atoms with Gasteiger partial charge in [0.2, 0.25) is 0 Å². The Kier molecular flexibility index (Phi) is 2.90. The van der Waals surface area contributed by atoms with Crippen LogP contribution in [0.25, 0.3) is 11.1 Å². The molecule has 0 spiro atoms. The highest BCUT2D eigenvalue weighted by molar-refractivity contribution is 5.75. The van der Waals surface area contributed by atoms with Gasteiger partial charge >= 0.3 is 17.6 Å². The Morgan fingerprint density at radius 3 is 2.83 bits per heavy atom. The van der Waals surface area contributed by atoms with Crippen molar-refractivity contribution in [3.63, 3.8) is 0 Å². The average molecular weight is 257 g/mol.